The summed E-state index contributed by atoms with van der Waals surface area (Å²) in [7, 11) is 0. The highest BCUT2D eigenvalue weighted by Crippen LogP contribution is 2.26. The fourth-order valence-electron chi connectivity index (χ4n) is 3.36. The maximum absolute atomic E-state index is 12.6. The third-order valence-corrected chi connectivity index (χ3v) is 5.95. The van der Waals surface area contributed by atoms with Gasteiger partial charge in [0.05, 0.1) is 18.6 Å². The molecule has 0 aliphatic rings. The van der Waals surface area contributed by atoms with Crippen LogP contribution in [0, 0.1) is 0 Å². The molecule has 5 aromatic rings. The molecule has 8 nitrogen and oxygen atoms in total. The molecule has 0 saturated heterocycles. The number of nitrogens with zero attached hydrogens (tertiary/aromatic N) is 4. The summed E-state index contributed by atoms with van der Waals surface area (Å²) in [6, 6.07) is 24.3. The van der Waals surface area contributed by atoms with E-state index in [0.29, 0.717) is 29.0 Å². The second-order valence-electron chi connectivity index (χ2n) is 7.49. The van der Waals surface area contributed by atoms with Gasteiger partial charge in [-0.15, -0.1) is 10.2 Å². The monoisotopic (exact) mass is 483 g/mol. The van der Waals surface area contributed by atoms with Crippen molar-refractivity contribution in [2.24, 2.45) is 0 Å². The van der Waals surface area contributed by atoms with Crippen molar-refractivity contribution in [1.82, 2.24) is 19.7 Å². The number of aromatic nitrogens is 4. The van der Waals surface area contributed by atoms with Gasteiger partial charge in [-0.25, -0.2) is 0 Å². The van der Waals surface area contributed by atoms with Gasteiger partial charge in [0.2, 0.25) is 5.91 Å². The van der Waals surface area contributed by atoms with Crippen molar-refractivity contribution in [2.45, 2.75) is 11.7 Å². The Morgan fingerprint density at radius 2 is 1.77 bits per heavy atom. The van der Waals surface area contributed by atoms with Crippen LogP contribution in [0.2, 0.25) is 0 Å². The average Bonchev–Trinajstić information content (AvgIpc) is 3.56. The van der Waals surface area contributed by atoms with Crippen LogP contribution in [0.4, 0.5) is 5.69 Å². The van der Waals surface area contributed by atoms with E-state index in [0.717, 1.165) is 17.1 Å². The number of ether oxygens (including phenoxy) is 1. The number of para-hydroxylation sites is 1. The standard InChI is InChI=1S/C26H21N5O3S/c32-24(28-20-10-12-22(13-11-20)34-21-7-2-1-3-8-21)18-35-26-30-29-25(19-6-4-14-27-16-19)31(26)17-23-9-5-15-33-23/h1-16H,17-18H2,(H,28,32). The minimum Gasteiger partial charge on any atom is -0.467 e. The third-order valence-electron chi connectivity index (χ3n) is 4.98. The smallest absolute Gasteiger partial charge is 0.234 e. The van der Waals surface area contributed by atoms with Crippen LogP contribution in [0.15, 0.2) is 107 Å². The lowest BCUT2D eigenvalue weighted by atomic mass is 10.2. The van der Waals surface area contributed by atoms with Crippen LogP contribution in [0.1, 0.15) is 5.76 Å². The quantitative estimate of drug-likeness (QED) is 0.276. The lowest BCUT2D eigenvalue weighted by molar-refractivity contribution is -0.113. The molecule has 0 fully saturated rings. The number of furan rings is 1. The van der Waals surface area contributed by atoms with Gasteiger partial charge in [0.15, 0.2) is 11.0 Å². The Kier molecular flexibility index (Phi) is 6.86. The Hall–Kier alpha value is -4.37. The maximum Gasteiger partial charge on any atom is 0.234 e. The van der Waals surface area contributed by atoms with Gasteiger partial charge in [0.1, 0.15) is 17.3 Å². The van der Waals surface area contributed by atoms with E-state index in [1.54, 1.807) is 30.8 Å². The Bertz CT molecular complexity index is 1370. The van der Waals surface area contributed by atoms with E-state index in [1.165, 1.54) is 11.8 Å². The highest BCUT2D eigenvalue weighted by Gasteiger charge is 2.17. The summed E-state index contributed by atoms with van der Waals surface area (Å²) in [4.78, 5) is 16.8. The van der Waals surface area contributed by atoms with Crippen molar-refractivity contribution in [3.8, 4) is 22.9 Å². The van der Waals surface area contributed by atoms with E-state index in [-0.39, 0.29) is 11.7 Å². The lowest BCUT2D eigenvalue weighted by Crippen LogP contribution is -2.14. The van der Waals surface area contributed by atoms with Crippen LogP contribution in [-0.2, 0) is 11.3 Å². The number of hydrogen-bond acceptors (Lipinski definition) is 7. The Labute approximate surface area is 206 Å². The van der Waals surface area contributed by atoms with Gasteiger partial charge < -0.3 is 14.5 Å². The average molecular weight is 484 g/mol. The number of benzene rings is 2. The van der Waals surface area contributed by atoms with Gasteiger partial charge in [-0.05, 0) is 60.7 Å². The van der Waals surface area contributed by atoms with Gasteiger partial charge >= 0.3 is 0 Å². The van der Waals surface area contributed by atoms with E-state index in [1.807, 2.05) is 71.3 Å². The molecule has 0 bridgehead atoms. The van der Waals surface area contributed by atoms with Crippen molar-refractivity contribution >= 4 is 23.4 Å². The third kappa shape index (κ3) is 5.77. The normalized spacial score (nSPS) is 10.7. The number of thioether (sulfide) groups is 1. The number of rotatable bonds is 9. The Balaban J connectivity index is 1.23. The summed E-state index contributed by atoms with van der Waals surface area (Å²) in [5.41, 5.74) is 1.52. The molecule has 35 heavy (non-hydrogen) atoms. The van der Waals surface area contributed by atoms with Crippen LogP contribution in [0.25, 0.3) is 11.4 Å². The number of anilines is 1. The van der Waals surface area contributed by atoms with Crippen LogP contribution in [-0.4, -0.2) is 31.4 Å². The number of hydrogen-bond donors (Lipinski definition) is 1. The molecule has 3 heterocycles. The first-order chi connectivity index (χ1) is 17.2. The Morgan fingerprint density at radius 1 is 0.943 bits per heavy atom. The number of carbonyl (C=O) groups excluding carboxylic acids is 1. The van der Waals surface area contributed by atoms with Gasteiger partial charge in [-0.1, -0.05) is 30.0 Å². The molecule has 0 aliphatic carbocycles. The molecule has 9 heteroatoms. The fourth-order valence-corrected chi connectivity index (χ4v) is 4.10. The summed E-state index contributed by atoms with van der Waals surface area (Å²) in [5, 5.41) is 12.2. The molecular formula is C26H21N5O3S. The van der Waals surface area contributed by atoms with Crippen molar-refractivity contribution in [3.63, 3.8) is 0 Å². The molecule has 0 saturated carbocycles. The molecule has 0 atom stereocenters. The topological polar surface area (TPSA) is 95.1 Å². The van der Waals surface area contributed by atoms with Crippen molar-refractivity contribution < 1.29 is 13.9 Å². The minimum atomic E-state index is -0.151. The number of amides is 1. The molecular weight excluding hydrogens is 462 g/mol. The maximum atomic E-state index is 12.6. The second-order valence-corrected chi connectivity index (χ2v) is 8.43. The zero-order valence-electron chi connectivity index (χ0n) is 18.6. The molecule has 1 amide bonds. The van der Waals surface area contributed by atoms with E-state index < -0.39 is 0 Å². The summed E-state index contributed by atoms with van der Waals surface area (Å²) in [6.45, 7) is 0.442. The molecule has 174 valence electrons. The zero-order chi connectivity index (χ0) is 23.9. The van der Waals surface area contributed by atoms with E-state index in [2.05, 4.69) is 20.5 Å². The summed E-state index contributed by atoms with van der Waals surface area (Å²) in [6.07, 6.45) is 5.06. The first-order valence-corrected chi connectivity index (χ1v) is 11.8. The highest BCUT2D eigenvalue weighted by molar-refractivity contribution is 7.99. The molecule has 0 unspecified atom stereocenters. The SMILES string of the molecule is O=C(CSc1nnc(-c2cccnc2)n1Cc1ccco1)Nc1ccc(Oc2ccccc2)cc1. The van der Waals surface area contributed by atoms with Crippen LogP contribution >= 0.6 is 11.8 Å². The molecule has 5 rings (SSSR count). The molecule has 2 aromatic carbocycles. The first-order valence-electron chi connectivity index (χ1n) is 10.9. The predicted molar refractivity (Wildman–Crippen MR) is 133 cm³/mol. The largest absolute Gasteiger partial charge is 0.467 e. The number of nitrogens with one attached hydrogen (secondary N) is 1. The first kappa shape index (κ1) is 22.4. The van der Waals surface area contributed by atoms with E-state index in [9.17, 15) is 4.79 Å². The molecule has 0 radical (unpaired) electrons. The molecule has 0 spiro atoms. The van der Waals surface area contributed by atoms with Gasteiger partial charge in [0, 0.05) is 23.6 Å². The minimum absolute atomic E-state index is 0.151. The van der Waals surface area contributed by atoms with Gasteiger partial charge in [-0.2, -0.15) is 0 Å². The van der Waals surface area contributed by atoms with Gasteiger partial charge in [0.25, 0.3) is 0 Å². The molecule has 0 aliphatic heterocycles. The fraction of sp³-hybridized carbons (Fsp3) is 0.0769. The number of carbonyl (C=O) groups is 1. The Morgan fingerprint density at radius 3 is 2.51 bits per heavy atom. The summed E-state index contributed by atoms with van der Waals surface area (Å²) in [5.74, 6) is 2.89. The summed E-state index contributed by atoms with van der Waals surface area (Å²) >= 11 is 1.31. The van der Waals surface area contributed by atoms with E-state index in [4.69, 9.17) is 9.15 Å². The van der Waals surface area contributed by atoms with E-state index >= 15 is 0 Å². The second kappa shape index (κ2) is 10.7. The van der Waals surface area contributed by atoms with Crippen molar-refractivity contribution in [2.75, 3.05) is 11.1 Å². The molecule has 1 N–H and O–H groups in total. The molecule has 3 aromatic heterocycles. The number of pyridine rings is 1. The van der Waals surface area contributed by atoms with Crippen LogP contribution in [0.3, 0.4) is 0 Å². The summed E-state index contributed by atoms with van der Waals surface area (Å²) < 4.78 is 13.2. The lowest BCUT2D eigenvalue weighted by Gasteiger charge is -2.09. The van der Waals surface area contributed by atoms with Crippen LogP contribution in [0.5, 0.6) is 11.5 Å². The van der Waals surface area contributed by atoms with Crippen LogP contribution < -0.4 is 10.1 Å². The highest BCUT2D eigenvalue weighted by atomic mass is 32.2. The zero-order valence-corrected chi connectivity index (χ0v) is 19.4. The van der Waals surface area contributed by atoms with Gasteiger partial charge in [-0.3, -0.25) is 14.3 Å². The van der Waals surface area contributed by atoms with Crippen molar-refractivity contribution in [1.29, 1.82) is 0 Å². The predicted octanol–water partition coefficient (Wildman–Crippen LogP) is 5.50. The van der Waals surface area contributed by atoms with Crippen molar-refractivity contribution in [3.05, 3.63) is 103 Å².